The number of aromatic amines is 1. The van der Waals surface area contributed by atoms with Crippen LogP contribution in [-0.4, -0.2) is 14.9 Å². The van der Waals surface area contributed by atoms with Gasteiger partial charge in [-0.3, -0.25) is 5.10 Å². The van der Waals surface area contributed by atoms with Gasteiger partial charge in [-0.05, 0) is 36.5 Å². The van der Waals surface area contributed by atoms with E-state index in [1.165, 1.54) is 14.5 Å². The monoisotopic (exact) mass is 327 g/mol. The van der Waals surface area contributed by atoms with E-state index in [0.29, 0.717) is 17.1 Å². The Hall–Kier alpha value is -2.25. The molecule has 7 heteroatoms. The fourth-order valence-electron chi connectivity index (χ4n) is 2.54. The number of nitrogens with one attached hydrogen (secondary N) is 1. The molecule has 2 aromatic carbocycles. The second kappa shape index (κ2) is 5.19. The molecule has 2 heterocycles. The minimum absolute atomic E-state index is 0.419. The van der Waals surface area contributed by atoms with Gasteiger partial charge in [0.2, 0.25) is 4.77 Å². The van der Waals surface area contributed by atoms with Gasteiger partial charge in [0, 0.05) is 9.79 Å². The van der Waals surface area contributed by atoms with Crippen LogP contribution in [0.4, 0.5) is 11.4 Å². The first-order valence-corrected chi connectivity index (χ1v) is 8.01. The number of rotatable bonds is 2. The van der Waals surface area contributed by atoms with E-state index in [9.17, 15) is 0 Å². The number of aromatic nitrogens is 3. The number of fused-ring (bicyclic) bond motifs is 2. The van der Waals surface area contributed by atoms with Crippen LogP contribution in [-0.2, 0) is 6.54 Å². The molecule has 0 unspecified atom stereocenters. The first-order valence-electron chi connectivity index (χ1n) is 6.79. The Labute approximate surface area is 136 Å². The minimum atomic E-state index is 0.419. The summed E-state index contributed by atoms with van der Waals surface area (Å²) in [4.78, 5) is 4.66. The second-order valence-corrected chi connectivity index (χ2v) is 6.41. The molecule has 1 aliphatic rings. The van der Waals surface area contributed by atoms with Gasteiger partial charge in [0.25, 0.3) is 0 Å². The number of nitrogens with two attached hydrogens (primary N) is 1. The highest BCUT2D eigenvalue weighted by molar-refractivity contribution is 7.99. The number of anilines is 2. The van der Waals surface area contributed by atoms with Crippen LogP contribution in [0.1, 0.15) is 5.82 Å². The Balaban J connectivity index is 1.84. The highest BCUT2D eigenvalue weighted by Crippen LogP contribution is 2.48. The van der Waals surface area contributed by atoms with E-state index in [0.717, 1.165) is 11.4 Å². The summed E-state index contributed by atoms with van der Waals surface area (Å²) in [6.45, 7) is 0.554. The van der Waals surface area contributed by atoms with E-state index in [1.54, 1.807) is 11.8 Å². The molecule has 0 fully saturated rings. The summed E-state index contributed by atoms with van der Waals surface area (Å²) in [5.74, 6) is 6.64. The molecule has 0 saturated heterocycles. The largest absolute Gasteiger partial charge is 0.335 e. The predicted octanol–water partition coefficient (Wildman–Crippen LogP) is 3.46. The number of nitrogen functional groups attached to an aromatic ring is 1. The molecular weight excluding hydrogens is 314 g/mol. The van der Waals surface area contributed by atoms with E-state index in [4.69, 9.17) is 18.1 Å². The first kappa shape index (κ1) is 13.4. The molecule has 1 aliphatic heterocycles. The third-order valence-electron chi connectivity index (χ3n) is 3.61. The Bertz CT molecular complexity index is 853. The number of H-pyrrole nitrogens is 1. The van der Waals surface area contributed by atoms with Gasteiger partial charge in [-0.1, -0.05) is 36.0 Å². The SMILES string of the molecule is Nn1c(CN2c3ccccc3Sc3ccccc32)n[nH]c1=S. The maximum Gasteiger partial charge on any atom is 0.214 e. The summed E-state index contributed by atoms with van der Waals surface area (Å²) >= 11 is 6.87. The number of hydrogen-bond donors (Lipinski definition) is 2. The third-order valence-corrected chi connectivity index (χ3v) is 5.03. The van der Waals surface area contributed by atoms with Crippen LogP contribution in [0.3, 0.4) is 0 Å². The predicted molar refractivity (Wildman–Crippen MR) is 90.4 cm³/mol. The number of para-hydroxylation sites is 2. The normalized spacial score (nSPS) is 12.8. The van der Waals surface area contributed by atoms with Crippen LogP contribution in [0.5, 0.6) is 0 Å². The van der Waals surface area contributed by atoms with Gasteiger partial charge in [0.15, 0.2) is 5.82 Å². The van der Waals surface area contributed by atoms with Crippen LogP contribution in [0.15, 0.2) is 58.3 Å². The Morgan fingerprint density at radius 3 is 2.18 bits per heavy atom. The van der Waals surface area contributed by atoms with Crippen molar-refractivity contribution < 1.29 is 0 Å². The van der Waals surface area contributed by atoms with Crippen molar-refractivity contribution in [1.29, 1.82) is 0 Å². The topological polar surface area (TPSA) is 62.9 Å². The molecule has 5 nitrogen and oxygen atoms in total. The van der Waals surface area contributed by atoms with Gasteiger partial charge in [-0.2, -0.15) is 5.10 Å². The zero-order chi connectivity index (χ0) is 15.1. The number of hydrogen-bond acceptors (Lipinski definition) is 5. The van der Waals surface area contributed by atoms with Crippen molar-refractivity contribution in [1.82, 2.24) is 14.9 Å². The van der Waals surface area contributed by atoms with Crippen molar-refractivity contribution in [2.45, 2.75) is 16.3 Å². The third kappa shape index (κ3) is 2.10. The summed E-state index contributed by atoms with van der Waals surface area (Å²) in [7, 11) is 0. The average molecular weight is 327 g/mol. The molecule has 0 spiro atoms. The summed E-state index contributed by atoms with van der Waals surface area (Å²) < 4.78 is 1.84. The molecule has 0 saturated carbocycles. The van der Waals surface area contributed by atoms with E-state index in [2.05, 4.69) is 51.5 Å². The van der Waals surface area contributed by atoms with Crippen molar-refractivity contribution >= 4 is 35.4 Å². The van der Waals surface area contributed by atoms with Gasteiger partial charge in [-0.25, -0.2) is 4.68 Å². The summed E-state index contributed by atoms with van der Waals surface area (Å²) in [5.41, 5.74) is 2.31. The van der Waals surface area contributed by atoms with E-state index < -0.39 is 0 Å². The van der Waals surface area contributed by atoms with Gasteiger partial charge in [0.05, 0.1) is 17.9 Å². The molecule has 0 bridgehead atoms. The van der Waals surface area contributed by atoms with Crippen molar-refractivity contribution in [2.24, 2.45) is 0 Å². The molecule has 1 aromatic heterocycles. The van der Waals surface area contributed by atoms with E-state index in [1.807, 2.05) is 12.1 Å². The molecule has 0 amide bonds. The maximum atomic E-state index is 5.95. The molecule has 4 rings (SSSR count). The van der Waals surface area contributed by atoms with Crippen molar-refractivity contribution in [3.63, 3.8) is 0 Å². The highest BCUT2D eigenvalue weighted by Gasteiger charge is 2.24. The van der Waals surface area contributed by atoms with Crippen molar-refractivity contribution in [2.75, 3.05) is 10.7 Å². The van der Waals surface area contributed by atoms with Gasteiger partial charge in [-0.15, -0.1) is 0 Å². The quantitative estimate of drug-likeness (QED) is 0.557. The molecular formula is C15H13N5S2. The Morgan fingerprint density at radius 1 is 1.05 bits per heavy atom. The summed E-state index contributed by atoms with van der Waals surface area (Å²) in [5, 5.41) is 6.96. The van der Waals surface area contributed by atoms with Crippen molar-refractivity contribution in [3.8, 4) is 0 Å². The maximum absolute atomic E-state index is 5.95. The summed E-state index contributed by atoms with van der Waals surface area (Å²) in [6, 6.07) is 16.7. The second-order valence-electron chi connectivity index (χ2n) is 4.94. The lowest BCUT2D eigenvalue weighted by Crippen LogP contribution is -2.24. The molecule has 3 N–H and O–H groups in total. The Kier molecular flexibility index (Phi) is 3.16. The average Bonchev–Trinajstić information content (AvgIpc) is 2.86. The van der Waals surface area contributed by atoms with Crippen LogP contribution < -0.4 is 10.7 Å². The minimum Gasteiger partial charge on any atom is -0.335 e. The highest BCUT2D eigenvalue weighted by atomic mass is 32.2. The van der Waals surface area contributed by atoms with Crippen molar-refractivity contribution in [3.05, 3.63) is 59.1 Å². The molecule has 0 atom stereocenters. The number of nitrogens with zero attached hydrogens (tertiary/aromatic N) is 3. The standard InChI is InChI=1S/C15H13N5S2/c16-20-14(17-18-15(20)21)9-19-10-5-1-3-7-12(10)22-13-8-4-2-6-11(13)19/h1-8H,9,16H2,(H,18,21). The smallest absolute Gasteiger partial charge is 0.214 e. The number of benzene rings is 2. The molecule has 0 aliphatic carbocycles. The van der Waals surface area contributed by atoms with Crippen LogP contribution in [0, 0.1) is 4.77 Å². The molecule has 22 heavy (non-hydrogen) atoms. The van der Waals surface area contributed by atoms with Gasteiger partial charge < -0.3 is 10.7 Å². The van der Waals surface area contributed by atoms with Crippen LogP contribution in [0.2, 0.25) is 0 Å². The van der Waals surface area contributed by atoms with E-state index in [-0.39, 0.29) is 0 Å². The van der Waals surface area contributed by atoms with Gasteiger partial charge in [0.1, 0.15) is 0 Å². The molecule has 110 valence electrons. The van der Waals surface area contributed by atoms with Gasteiger partial charge >= 0.3 is 0 Å². The molecule has 0 radical (unpaired) electrons. The lowest BCUT2D eigenvalue weighted by atomic mass is 10.2. The first-order chi connectivity index (χ1) is 10.7. The van der Waals surface area contributed by atoms with Crippen LogP contribution in [0.25, 0.3) is 0 Å². The fraction of sp³-hybridized carbons (Fsp3) is 0.0667. The fourth-order valence-corrected chi connectivity index (χ4v) is 3.79. The van der Waals surface area contributed by atoms with Crippen LogP contribution >= 0.6 is 24.0 Å². The zero-order valence-corrected chi connectivity index (χ0v) is 13.2. The molecule has 3 aromatic rings. The van der Waals surface area contributed by atoms with E-state index >= 15 is 0 Å². The lowest BCUT2D eigenvalue weighted by Gasteiger charge is -2.32. The lowest BCUT2D eigenvalue weighted by molar-refractivity contribution is 0.797. The Morgan fingerprint density at radius 2 is 1.64 bits per heavy atom. The zero-order valence-electron chi connectivity index (χ0n) is 11.6. The summed E-state index contributed by atoms with van der Waals surface area (Å²) in [6.07, 6.45) is 0.